The first-order valence-electron chi connectivity index (χ1n) is 3.25. The molecule has 0 aliphatic heterocycles. The van der Waals surface area contributed by atoms with Gasteiger partial charge in [-0.25, -0.2) is 4.79 Å². The summed E-state index contributed by atoms with van der Waals surface area (Å²) in [7, 11) is 0. The first-order valence-corrected chi connectivity index (χ1v) is 3.78. The number of carbonyl (C=O) groups is 1. The lowest BCUT2D eigenvalue weighted by Crippen LogP contribution is -2.03. The first kappa shape index (κ1) is 10.2. The fraction of sp³-hybridized carbons (Fsp3) is 0.375. The van der Waals surface area contributed by atoms with Crippen molar-refractivity contribution in [3.05, 3.63) is 23.8 Å². The molecule has 0 saturated heterocycles. The van der Waals surface area contributed by atoms with Crippen LogP contribution in [0.1, 0.15) is 13.8 Å². The van der Waals surface area contributed by atoms with Crippen molar-refractivity contribution >= 4 is 17.6 Å². The maximum absolute atomic E-state index is 10.8. The molecule has 0 heterocycles. The minimum Gasteiger partial charge on any atom is -0.446 e. The lowest BCUT2D eigenvalue weighted by molar-refractivity contribution is -0.136. The van der Waals surface area contributed by atoms with Crippen LogP contribution >= 0.6 is 11.6 Å². The van der Waals surface area contributed by atoms with Crippen molar-refractivity contribution in [2.24, 2.45) is 0 Å². The zero-order valence-electron chi connectivity index (χ0n) is 6.63. The summed E-state index contributed by atoms with van der Waals surface area (Å²) >= 11 is 5.19. The maximum Gasteiger partial charge on any atom is 0.334 e. The van der Waals surface area contributed by atoms with Crippen LogP contribution in [0.25, 0.3) is 0 Å². The molecule has 0 aromatic carbocycles. The molecule has 2 nitrogen and oxygen atoms in total. The molecule has 11 heavy (non-hydrogen) atoms. The van der Waals surface area contributed by atoms with E-state index < -0.39 is 0 Å². The minimum absolute atomic E-state index is 0.0974. The molecule has 0 radical (unpaired) electrons. The van der Waals surface area contributed by atoms with Crippen LogP contribution in [0.3, 0.4) is 0 Å². The highest BCUT2D eigenvalue weighted by molar-refractivity contribution is 6.17. The van der Waals surface area contributed by atoms with Crippen LogP contribution < -0.4 is 0 Å². The molecular formula is C8H11ClO2. The maximum atomic E-state index is 10.8. The fourth-order valence-corrected chi connectivity index (χ4v) is 0.571. The Bertz CT molecular complexity index is 183. The number of carbonyl (C=O) groups excluding carboxylic acids is 1. The summed E-state index contributed by atoms with van der Waals surface area (Å²) in [4.78, 5) is 10.8. The Labute approximate surface area is 71.5 Å². The van der Waals surface area contributed by atoms with Gasteiger partial charge >= 0.3 is 5.97 Å². The SMILES string of the molecule is CC=CC=C(C)C(=O)OCCl. The van der Waals surface area contributed by atoms with Crippen LogP contribution in [-0.2, 0) is 9.53 Å². The highest BCUT2D eigenvalue weighted by Gasteiger charge is 2.01. The van der Waals surface area contributed by atoms with Crippen LogP contribution in [0.2, 0.25) is 0 Å². The van der Waals surface area contributed by atoms with Crippen molar-refractivity contribution in [1.82, 2.24) is 0 Å². The van der Waals surface area contributed by atoms with E-state index in [0.29, 0.717) is 5.57 Å². The van der Waals surface area contributed by atoms with Crippen molar-refractivity contribution in [2.45, 2.75) is 13.8 Å². The average Bonchev–Trinajstić information content (AvgIpc) is 2.00. The number of allylic oxidation sites excluding steroid dienone is 3. The minimum atomic E-state index is -0.377. The molecular weight excluding hydrogens is 164 g/mol. The molecule has 0 rings (SSSR count). The number of hydrogen-bond acceptors (Lipinski definition) is 2. The molecule has 62 valence electrons. The summed E-state index contributed by atoms with van der Waals surface area (Å²) in [5.74, 6) is -0.377. The van der Waals surface area contributed by atoms with Crippen LogP contribution in [0, 0.1) is 0 Å². The molecule has 0 bridgehead atoms. The largest absolute Gasteiger partial charge is 0.446 e. The smallest absolute Gasteiger partial charge is 0.334 e. The van der Waals surface area contributed by atoms with Gasteiger partial charge in [0.25, 0.3) is 0 Å². The quantitative estimate of drug-likeness (QED) is 0.284. The van der Waals surface area contributed by atoms with Crippen molar-refractivity contribution in [1.29, 1.82) is 0 Å². The highest BCUT2D eigenvalue weighted by atomic mass is 35.5. The van der Waals surface area contributed by atoms with E-state index in [2.05, 4.69) is 4.74 Å². The molecule has 0 aliphatic carbocycles. The van der Waals surface area contributed by atoms with E-state index in [1.54, 1.807) is 19.1 Å². The zero-order valence-corrected chi connectivity index (χ0v) is 7.39. The van der Waals surface area contributed by atoms with Gasteiger partial charge in [0, 0.05) is 5.57 Å². The Morgan fingerprint density at radius 2 is 2.27 bits per heavy atom. The van der Waals surface area contributed by atoms with Gasteiger partial charge in [-0.15, -0.1) is 0 Å². The molecule has 0 saturated carbocycles. The predicted molar refractivity (Wildman–Crippen MR) is 45.4 cm³/mol. The molecule has 0 aliphatic rings. The summed E-state index contributed by atoms with van der Waals surface area (Å²) in [5, 5.41) is 0. The Balaban J connectivity index is 4.00. The van der Waals surface area contributed by atoms with Crippen molar-refractivity contribution < 1.29 is 9.53 Å². The molecule has 3 heteroatoms. The van der Waals surface area contributed by atoms with Crippen LogP contribution in [-0.4, -0.2) is 12.0 Å². The third kappa shape index (κ3) is 4.62. The lowest BCUT2D eigenvalue weighted by atomic mass is 10.3. The van der Waals surface area contributed by atoms with Crippen LogP contribution in [0.5, 0.6) is 0 Å². The molecule has 0 N–H and O–H groups in total. The normalized spacial score (nSPS) is 12.1. The zero-order chi connectivity index (χ0) is 8.69. The Morgan fingerprint density at radius 1 is 1.64 bits per heavy atom. The van der Waals surface area contributed by atoms with E-state index in [4.69, 9.17) is 11.6 Å². The van der Waals surface area contributed by atoms with Crippen molar-refractivity contribution in [3.8, 4) is 0 Å². The Morgan fingerprint density at radius 3 is 2.73 bits per heavy atom. The molecule has 0 amide bonds. The number of halogens is 1. The van der Waals surface area contributed by atoms with E-state index in [1.807, 2.05) is 13.0 Å². The van der Waals surface area contributed by atoms with Gasteiger partial charge in [0.15, 0.2) is 6.07 Å². The lowest BCUT2D eigenvalue weighted by Gasteiger charge is -1.97. The predicted octanol–water partition coefficient (Wildman–Crippen LogP) is 2.25. The van der Waals surface area contributed by atoms with Gasteiger partial charge in [-0.2, -0.15) is 0 Å². The molecule has 0 aromatic heterocycles. The number of hydrogen-bond donors (Lipinski definition) is 0. The van der Waals surface area contributed by atoms with Crippen molar-refractivity contribution in [3.63, 3.8) is 0 Å². The van der Waals surface area contributed by atoms with Crippen molar-refractivity contribution in [2.75, 3.05) is 6.07 Å². The van der Waals surface area contributed by atoms with E-state index in [1.165, 1.54) is 0 Å². The topological polar surface area (TPSA) is 26.3 Å². The van der Waals surface area contributed by atoms with E-state index in [9.17, 15) is 4.79 Å². The van der Waals surface area contributed by atoms with E-state index >= 15 is 0 Å². The second-order valence-electron chi connectivity index (χ2n) is 1.92. The number of esters is 1. The first-order chi connectivity index (χ1) is 5.22. The third-order valence-corrected chi connectivity index (χ3v) is 1.16. The molecule has 0 atom stereocenters. The van der Waals surface area contributed by atoms with Crippen LogP contribution in [0.4, 0.5) is 0 Å². The standard InChI is InChI=1S/C8H11ClO2/c1-3-4-5-7(2)8(10)11-6-9/h3-5H,6H2,1-2H3. The monoisotopic (exact) mass is 174 g/mol. The van der Waals surface area contributed by atoms with Gasteiger partial charge in [-0.05, 0) is 13.8 Å². The summed E-state index contributed by atoms with van der Waals surface area (Å²) in [6.07, 6.45) is 5.27. The van der Waals surface area contributed by atoms with Gasteiger partial charge in [0.2, 0.25) is 0 Å². The molecule has 0 unspecified atom stereocenters. The second-order valence-corrected chi connectivity index (χ2v) is 2.13. The van der Waals surface area contributed by atoms with E-state index in [0.717, 1.165) is 0 Å². The summed E-state index contributed by atoms with van der Waals surface area (Å²) in [6.45, 7) is 3.55. The number of alkyl halides is 1. The second kappa shape index (κ2) is 5.98. The van der Waals surface area contributed by atoms with Gasteiger partial charge in [-0.3, -0.25) is 0 Å². The summed E-state index contributed by atoms with van der Waals surface area (Å²) < 4.78 is 4.53. The van der Waals surface area contributed by atoms with Gasteiger partial charge in [0.1, 0.15) is 0 Å². The van der Waals surface area contributed by atoms with Gasteiger partial charge in [0.05, 0.1) is 0 Å². The third-order valence-electron chi connectivity index (χ3n) is 1.05. The summed E-state index contributed by atoms with van der Waals surface area (Å²) in [5.41, 5.74) is 0.545. The molecule has 0 fully saturated rings. The summed E-state index contributed by atoms with van der Waals surface area (Å²) in [6, 6.07) is -0.0974. The Kier molecular flexibility index (Phi) is 5.57. The fourth-order valence-electron chi connectivity index (χ4n) is 0.472. The highest BCUT2D eigenvalue weighted by Crippen LogP contribution is 1.97. The van der Waals surface area contributed by atoms with E-state index in [-0.39, 0.29) is 12.0 Å². The Hall–Kier alpha value is -0.760. The molecule has 0 spiro atoms. The average molecular weight is 175 g/mol. The number of rotatable bonds is 3. The molecule has 0 aromatic rings. The van der Waals surface area contributed by atoms with Gasteiger partial charge < -0.3 is 4.74 Å². The number of ether oxygens (including phenoxy) is 1. The van der Waals surface area contributed by atoms with Crippen LogP contribution in [0.15, 0.2) is 23.8 Å². The van der Waals surface area contributed by atoms with Gasteiger partial charge in [-0.1, -0.05) is 29.8 Å².